The molecule has 31 heavy (non-hydrogen) atoms. The van der Waals surface area contributed by atoms with E-state index in [0.29, 0.717) is 18.5 Å². The van der Waals surface area contributed by atoms with Gasteiger partial charge >= 0.3 is 17.9 Å². The molecule has 164 valence electrons. The Bertz CT molecular complexity index is 957. The second-order valence-corrected chi connectivity index (χ2v) is 7.68. The molecular weight excluding hydrogens is 425 g/mol. The van der Waals surface area contributed by atoms with Crippen LogP contribution >= 0.6 is 11.6 Å². The molecule has 1 aliphatic rings. The summed E-state index contributed by atoms with van der Waals surface area (Å²) >= 11 is 5.63. The number of likely N-dealkylation sites (tertiary alicyclic amines) is 1. The molecule has 0 bridgehead atoms. The number of benzene rings is 2. The lowest BCUT2D eigenvalue weighted by molar-refractivity contribution is -0.145. The van der Waals surface area contributed by atoms with Crippen molar-refractivity contribution >= 4 is 29.5 Å². The summed E-state index contributed by atoms with van der Waals surface area (Å²) in [6.45, 7) is 0.746. The fourth-order valence-corrected chi connectivity index (χ4v) is 3.38. The average molecular weight is 448 g/mol. The van der Waals surface area contributed by atoms with Crippen molar-refractivity contribution in [2.75, 3.05) is 20.1 Å². The topological polar surface area (TPSA) is 79.0 Å². The van der Waals surface area contributed by atoms with Gasteiger partial charge in [0.05, 0.1) is 11.1 Å². The summed E-state index contributed by atoms with van der Waals surface area (Å²) in [4.78, 5) is 39.8. The molecule has 9 heteroatoms. The lowest BCUT2D eigenvalue weighted by atomic mass is 10.2. The van der Waals surface area contributed by atoms with Crippen LogP contribution in [-0.4, -0.2) is 53.9 Å². The smallest absolute Gasteiger partial charge is 0.410 e. The molecule has 1 unspecified atom stereocenters. The maximum Gasteiger partial charge on any atom is 0.410 e. The lowest BCUT2D eigenvalue weighted by Gasteiger charge is -2.24. The van der Waals surface area contributed by atoms with E-state index in [-0.39, 0.29) is 30.8 Å². The van der Waals surface area contributed by atoms with E-state index in [1.165, 1.54) is 21.9 Å². The molecule has 3 amide bonds. The van der Waals surface area contributed by atoms with Gasteiger partial charge < -0.3 is 19.9 Å². The number of amides is 3. The zero-order chi connectivity index (χ0) is 22.4. The van der Waals surface area contributed by atoms with Crippen molar-refractivity contribution in [1.29, 1.82) is 0 Å². The predicted octanol–water partition coefficient (Wildman–Crippen LogP) is 2.96. The highest BCUT2D eigenvalue weighted by Crippen LogP contribution is 2.17. The molecule has 1 atom stereocenters. The second-order valence-electron chi connectivity index (χ2n) is 7.28. The molecular formula is C22H23ClFN3O4. The SMILES string of the molecule is CN(C(=O)OCc1ccccc1)C1CCN(C(=O)C(=O)NCc2ccc(Cl)c(F)c2)C1. The number of hydrogen-bond acceptors (Lipinski definition) is 4. The van der Waals surface area contributed by atoms with Gasteiger partial charge in [0.1, 0.15) is 12.4 Å². The van der Waals surface area contributed by atoms with Gasteiger partial charge in [0.15, 0.2) is 0 Å². The highest BCUT2D eigenvalue weighted by molar-refractivity contribution is 6.35. The van der Waals surface area contributed by atoms with Crippen molar-refractivity contribution in [2.24, 2.45) is 0 Å². The van der Waals surface area contributed by atoms with Gasteiger partial charge in [-0.1, -0.05) is 48.0 Å². The molecule has 1 aliphatic heterocycles. The molecule has 0 spiro atoms. The van der Waals surface area contributed by atoms with E-state index in [9.17, 15) is 18.8 Å². The van der Waals surface area contributed by atoms with Crippen molar-refractivity contribution in [1.82, 2.24) is 15.1 Å². The minimum atomic E-state index is -0.787. The number of carbonyl (C=O) groups is 3. The maximum atomic E-state index is 13.5. The zero-order valence-corrected chi connectivity index (χ0v) is 17.8. The molecule has 3 rings (SSSR count). The van der Waals surface area contributed by atoms with Crippen molar-refractivity contribution in [2.45, 2.75) is 25.6 Å². The van der Waals surface area contributed by atoms with Crippen molar-refractivity contribution in [3.8, 4) is 0 Å². The Labute approximate surface area is 184 Å². The molecule has 2 aromatic rings. The fraction of sp³-hybridized carbons (Fsp3) is 0.318. The summed E-state index contributed by atoms with van der Waals surface area (Å²) in [6, 6.07) is 13.2. The molecule has 7 nitrogen and oxygen atoms in total. The molecule has 2 aromatic carbocycles. The Hall–Kier alpha value is -3.13. The lowest BCUT2D eigenvalue weighted by Crippen LogP contribution is -2.44. The van der Waals surface area contributed by atoms with Gasteiger partial charge in [-0.05, 0) is 29.7 Å². The standard InChI is InChI=1S/C22H23ClFN3O4/c1-26(22(30)31-14-15-5-3-2-4-6-15)17-9-10-27(13-17)21(29)20(28)25-12-16-7-8-18(23)19(24)11-16/h2-8,11,17H,9-10,12-14H2,1H3,(H,25,28). The number of rotatable bonds is 5. The van der Waals surface area contributed by atoms with Crippen LogP contribution in [0.25, 0.3) is 0 Å². The number of nitrogens with zero attached hydrogens (tertiary/aromatic N) is 2. The molecule has 1 saturated heterocycles. The normalized spacial score (nSPS) is 15.5. The van der Waals surface area contributed by atoms with Gasteiger partial charge in [-0.2, -0.15) is 0 Å². The maximum absolute atomic E-state index is 13.5. The Balaban J connectivity index is 1.46. The van der Waals surface area contributed by atoms with Gasteiger partial charge in [-0.15, -0.1) is 0 Å². The number of hydrogen-bond donors (Lipinski definition) is 1. The summed E-state index contributed by atoms with van der Waals surface area (Å²) in [6.07, 6.45) is 0.0515. The monoisotopic (exact) mass is 447 g/mol. The molecule has 0 aliphatic carbocycles. The van der Waals surface area contributed by atoms with Crippen LogP contribution in [0.15, 0.2) is 48.5 Å². The summed E-state index contributed by atoms with van der Waals surface area (Å²) in [5, 5.41) is 2.47. The van der Waals surface area contributed by atoms with E-state index in [1.807, 2.05) is 30.3 Å². The van der Waals surface area contributed by atoms with Gasteiger partial charge in [-0.25, -0.2) is 9.18 Å². The third-order valence-electron chi connectivity index (χ3n) is 5.12. The number of likely N-dealkylation sites (N-methyl/N-ethyl adjacent to an activating group) is 1. The Morgan fingerprint density at radius 2 is 1.94 bits per heavy atom. The highest BCUT2D eigenvalue weighted by Gasteiger charge is 2.34. The number of ether oxygens (including phenoxy) is 1. The van der Waals surface area contributed by atoms with Gasteiger partial charge in [0, 0.05) is 26.7 Å². The van der Waals surface area contributed by atoms with Crippen molar-refractivity contribution in [3.63, 3.8) is 0 Å². The van der Waals surface area contributed by atoms with Gasteiger partial charge in [0.25, 0.3) is 0 Å². The molecule has 1 heterocycles. The molecule has 1 N–H and O–H groups in total. The minimum Gasteiger partial charge on any atom is -0.445 e. The predicted molar refractivity (Wildman–Crippen MR) is 113 cm³/mol. The van der Waals surface area contributed by atoms with Crippen LogP contribution in [0.1, 0.15) is 17.5 Å². The van der Waals surface area contributed by atoms with Crippen LogP contribution < -0.4 is 5.32 Å². The third kappa shape index (κ3) is 5.95. The number of carbonyl (C=O) groups excluding carboxylic acids is 3. The minimum absolute atomic E-state index is 0.00163. The molecule has 1 fully saturated rings. The van der Waals surface area contributed by atoms with Crippen LogP contribution in [0.3, 0.4) is 0 Å². The largest absolute Gasteiger partial charge is 0.445 e. The van der Waals surface area contributed by atoms with E-state index in [0.717, 1.165) is 5.56 Å². The summed E-state index contributed by atoms with van der Waals surface area (Å²) in [5.74, 6) is -2.07. The first-order chi connectivity index (χ1) is 14.8. The molecule has 0 saturated carbocycles. The zero-order valence-electron chi connectivity index (χ0n) is 17.0. The van der Waals surface area contributed by atoms with Gasteiger partial charge in [0.2, 0.25) is 0 Å². The third-order valence-corrected chi connectivity index (χ3v) is 5.43. The summed E-state index contributed by atoms with van der Waals surface area (Å²) < 4.78 is 18.8. The average Bonchev–Trinajstić information content (AvgIpc) is 3.28. The number of nitrogens with one attached hydrogen (secondary N) is 1. The first kappa shape index (κ1) is 22.6. The van der Waals surface area contributed by atoms with Crippen LogP contribution in [0, 0.1) is 5.82 Å². The van der Waals surface area contributed by atoms with Gasteiger partial charge in [-0.3, -0.25) is 9.59 Å². The Morgan fingerprint density at radius 1 is 1.19 bits per heavy atom. The molecule has 0 radical (unpaired) electrons. The Morgan fingerprint density at radius 3 is 2.65 bits per heavy atom. The first-order valence-electron chi connectivity index (χ1n) is 9.79. The van der Waals surface area contributed by atoms with Crippen LogP contribution in [0.4, 0.5) is 9.18 Å². The van der Waals surface area contributed by atoms with Crippen LogP contribution in [-0.2, 0) is 27.5 Å². The van der Waals surface area contributed by atoms with E-state index >= 15 is 0 Å². The number of halogens is 2. The van der Waals surface area contributed by atoms with E-state index in [2.05, 4.69) is 5.32 Å². The quantitative estimate of drug-likeness (QED) is 0.715. The van der Waals surface area contributed by atoms with Crippen molar-refractivity contribution in [3.05, 3.63) is 70.5 Å². The van der Waals surface area contributed by atoms with Crippen molar-refractivity contribution < 1.29 is 23.5 Å². The van der Waals surface area contributed by atoms with E-state index in [1.54, 1.807) is 13.1 Å². The van der Waals surface area contributed by atoms with E-state index in [4.69, 9.17) is 16.3 Å². The first-order valence-corrected chi connectivity index (χ1v) is 10.2. The second kappa shape index (κ2) is 10.3. The fourth-order valence-electron chi connectivity index (χ4n) is 3.26. The summed E-state index contributed by atoms with van der Waals surface area (Å²) in [7, 11) is 1.61. The van der Waals surface area contributed by atoms with Crippen LogP contribution in [0.5, 0.6) is 0 Å². The highest BCUT2D eigenvalue weighted by atomic mass is 35.5. The summed E-state index contributed by atoms with van der Waals surface area (Å²) in [5.41, 5.74) is 1.37. The Kier molecular flexibility index (Phi) is 7.46. The van der Waals surface area contributed by atoms with Crippen LogP contribution in [0.2, 0.25) is 5.02 Å². The molecule has 0 aromatic heterocycles. The van der Waals surface area contributed by atoms with E-state index < -0.39 is 23.7 Å².